The number of carbonyl (C=O) groups excluding carboxylic acids is 3. The normalized spacial score (nSPS) is 23.5. The molecule has 1 heterocycles. The molecule has 4 aromatic rings. The molecule has 1 saturated heterocycles. The molecular weight excluding hydrogens is 468 g/mol. The number of nitro groups is 1. The number of ketones is 3. The highest BCUT2D eigenvalue weighted by Gasteiger charge is 2.78. The van der Waals surface area contributed by atoms with Gasteiger partial charge in [0.05, 0.1) is 4.92 Å². The summed E-state index contributed by atoms with van der Waals surface area (Å²) in [5.74, 6) is -1.71. The molecule has 2 aliphatic carbocycles. The maximum absolute atomic E-state index is 14.6. The Balaban J connectivity index is 1.58. The van der Waals surface area contributed by atoms with Gasteiger partial charge in [0.15, 0.2) is 17.3 Å². The van der Waals surface area contributed by atoms with Crippen molar-refractivity contribution in [3.8, 4) is 0 Å². The first-order valence-corrected chi connectivity index (χ1v) is 12.1. The van der Waals surface area contributed by atoms with Crippen LogP contribution in [0.4, 0.5) is 5.69 Å². The van der Waals surface area contributed by atoms with Crippen molar-refractivity contribution in [3.63, 3.8) is 0 Å². The van der Waals surface area contributed by atoms with Crippen LogP contribution in [0.1, 0.15) is 48.1 Å². The first-order valence-electron chi connectivity index (χ1n) is 12.1. The lowest BCUT2D eigenvalue weighted by Crippen LogP contribution is -2.59. The number of benzene rings is 4. The highest BCUT2D eigenvalue weighted by atomic mass is 16.6. The van der Waals surface area contributed by atoms with E-state index in [0.29, 0.717) is 27.8 Å². The van der Waals surface area contributed by atoms with Crippen LogP contribution in [0.25, 0.3) is 10.8 Å². The minimum atomic E-state index is -1.76. The summed E-state index contributed by atoms with van der Waals surface area (Å²) in [7, 11) is 1.79. The number of likely N-dealkylation sites (tertiary alicyclic amines) is 1. The molecule has 3 aliphatic rings. The Labute approximate surface area is 211 Å². The largest absolute Gasteiger partial charge is 0.293 e. The molecule has 0 unspecified atom stereocenters. The van der Waals surface area contributed by atoms with Crippen LogP contribution < -0.4 is 0 Å². The molecule has 1 fully saturated rings. The summed E-state index contributed by atoms with van der Waals surface area (Å²) in [4.78, 5) is 56.5. The van der Waals surface area contributed by atoms with E-state index in [1.807, 2.05) is 35.2 Å². The van der Waals surface area contributed by atoms with Crippen LogP contribution in [-0.2, 0) is 5.54 Å². The fraction of sp³-hybridized carbons (Fsp3) is 0.167. The maximum Gasteiger partial charge on any atom is 0.269 e. The van der Waals surface area contributed by atoms with Crippen molar-refractivity contribution in [2.45, 2.75) is 11.5 Å². The third-order valence-corrected chi connectivity index (χ3v) is 8.63. The number of hydrogen-bond acceptors (Lipinski definition) is 6. The lowest BCUT2D eigenvalue weighted by Gasteiger charge is -2.43. The standard InChI is InChI=1S/C30H20N2O5/c1-31-16-24(17-12-14-19(15-13-17)32(36)37)29(26(33)20-8-2-3-9-21(20)27(29)34)30(31)23-11-5-7-18-6-4-10-22(25(18)23)28(30)35/h2-15,24H,16H2,1H3/t24-,30-/m0/s1. The van der Waals surface area contributed by atoms with E-state index in [1.54, 1.807) is 49.5 Å². The summed E-state index contributed by atoms with van der Waals surface area (Å²) in [6.07, 6.45) is 0. The molecule has 0 radical (unpaired) electrons. The first kappa shape index (κ1) is 21.8. The second-order valence-corrected chi connectivity index (χ2v) is 10.0. The summed E-state index contributed by atoms with van der Waals surface area (Å²) in [6.45, 7) is 0.249. The SMILES string of the molecule is CN1C[C@@H](c2ccc([N+](=O)[O-])cc2)C2(C(=O)c3ccccc3C2=O)[C@]12C(=O)c1cccc3cccc2c13. The van der Waals surface area contributed by atoms with E-state index in [2.05, 4.69) is 0 Å². The Morgan fingerprint density at radius 2 is 1.38 bits per heavy atom. The summed E-state index contributed by atoms with van der Waals surface area (Å²) in [5, 5.41) is 13.0. The van der Waals surface area contributed by atoms with Crippen molar-refractivity contribution in [2.75, 3.05) is 13.6 Å². The van der Waals surface area contributed by atoms with Gasteiger partial charge >= 0.3 is 0 Å². The van der Waals surface area contributed by atoms with Gasteiger partial charge < -0.3 is 0 Å². The minimum absolute atomic E-state index is 0.0830. The van der Waals surface area contributed by atoms with Crippen LogP contribution in [-0.4, -0.2) is 40.8 Å². The number of non-ortho nitro benzene ring substituents is 1. The van der Waals surface area contributed by atoms with Gasteiger partial charge in [-0.25, -0.2) is 0 Å². The second-order valence-electron chi connectivity index (χ2n) is 10.0. The van der Waals surface area contributed by atoms with E-state index < -0.39 is 21.8 Å². The van der Waals surface area contributed by atoms with Gasteiger partial charge in [-0.1, -0.05) is 72.8 Å². The Hall–Kier alpha value is -4.49. The van der Waals surface area contributed by atoms with Gasteiger partial charge in [-0.15, -0.1) is 0 Å². The number of Topliss-reactive ketones (excluding diaryl/α,β-unsaturated/α-hetero) is 3. The molecule has 0 N–H and O–H groups in total. The van der Waals surface area contributed by atoms with Crippen molar-refractivity contribution in [3.05, 3.63) is 123 Å². The summed E-state index contributed by atoms with van der Waals surface area (Å²) in [5.41, 5.74) is -0.996. The van der Waals surface area contributed by atoms with Crippen LogP contribution in [0.2, 0.25) is 0 Å². The third-order valence-electron chi connectivity index (χ3n) is 8.63. The van der Waals surface area contributed by atoms with E-state index in [9.17, 15) is 24.5 Å². The van der Waals surface area contributed by atoms with Gasteiger partial charge in [0.1, 0.15) is 11.0 Å². The van der Waals surface area contributed by atoms with Crippen molar-refractivity contribution in [2.24, 2.45) is 5.41 Å². The van der Waals surface area contributed by atoms with E-state index in [0.717, 1.165) is 10.8 Å². The number of fused-ring (bicyclic) bond motifs is 3. The monoisotopic (exact) mass is 488 g/mol. The van der Waals surface area contributed by atoms with E-state index >= 15 is 0 Å². The Kier molecular flexibility index (Phi) is 4.15. The molecule has 0 saturated carbocycles. The zero-order valence-corrected chi connectivity index (χ0v) is 19.8. The lowest BCUT2D eigenvalue weighted by atomic mass is 9.57. The van der Waals surface area contributed by atoms with Crippen LogP contribution >= 0.6 is 0 Å². The molecule has 180 valence electrons. The van der Waals surface area contributed by atoms with Crippen molar-refractivity contribution >= 4 is 33.8 Å². The van der Waals surface area contributed by atoms with Crippen LogP contribution in [0.3, 0.4) is 0 Å². The average molecular weight is 488 g/mol. The van der Waals surface area contributed by atoms with Gasteiger partial charge in [-0.05, 0) is 28.9 Å². The van der Waals surface area contributed by atoms with Gasteiger partial charge in [0.25, 0.3) is 5.69 Å². The zero-order chi connectivity index (χ0) is 25.7. The molecule has 0 amide bonds. The van der Waals surface area contributed by atoms with Crippen molar-refractivity contribution < 1.29 is 19.3 Å². The highest BCUT2D eigenvalue weighted by molar-refractivity contribution is 6.36. The molecule has 2 spiro atoms. The third kappa shape index (κ3) is 2.29. The number of nitrogens with zero attached hydrogens (tertiary/aromatic N) is 2. The average Bonchev–Trinajstić information content (AvgIpc) is 3.44. The number of carbonyl (C=O) groups is 3. The fourth-order valence-corrected chi connectivity index (χ4v) is 7.26. The summed E-state index contributed by atoms with van der Waals surface area (Å²) >= 11 is 0. The van der Waals surface area contributed by atoms with Gasteiger partial charge in [-0.3, -0.25) is 29.4 Å². The number of hydrogen-bond donors (Lipinski definition) is 0. The summed E-state index contributed by atoms with van der Waals surface area (Å²) in [6, 6.07) is 23.9. The van der Waals surface area contributed by atoms with Crippen molar-refractivity contribution in [1.29, 1.82) is 0 Å². The molecule has 7 heteroatoms. The van der Waals surface area contributed by atoms with E-state index in [4.69, 9.17) is 0 Å². The Morgan fingerprint density at radius 3 is 2.00 bits per heavy atom. The quantitative estimate of drug-likeness (QED) is 0.225. The van der Waals surface area contributed by atoms with Crippen LogP contribution in [0.5, 0.6) is 0 Å². The van der Waals surface area contributed by atoms with E-state index in [1.165, 1.54) is 12.1 Å². The molecule has 4 aromatic carbocycles. The predicted molar refractivity (Wildman–Crippen MR) is 136 cm³/mol. The molecule has 0 bridgehead atoms. The van der Waals surface area contributed by atoms with E-state index in [-0.39, 0.29) is 29.6 Å². The predicted octanol–water partition coefficient (Wildman–Crippen LogP) is 4.93. The molecule has 1 aliphatic heterocycles. The zero-order valence-electron chi connectivity index (χ0n) is 19.8. The number of nitro benzene ring substituents is 1. The number of rotatable bonds is 2. The number of likely N-dealkylation sites (N-methyl/N-ethyl adjacent to an activating group) is 1. The van der Waals surface area contributed by atoms with Gasteiger partial charge in [-0.2, -0.15) is 0 Å². The highest BCUT2D eigenvalue weighted by Crippen LogP contribution is 2.67. The van der Waals surface area contributed by atoms with Crippen molar-refractivity contribution in [1.82, 2.24) is 4.90 Å². The first-order chi connectivity index (χ1) is 17.8. The topological polar surface area (TPSA) is 97.6 Å². The smallest absolute Gasteiger partial charge is 0.269 e. The van der Waals surface area contributed by atoms with Crippen LogP contribution in [0.15, 0.2) is 84.9 Å². The Morgan fingerprint density at radius 1 is 0.784 bits per heavy atom. The van der Waals surface area contributed by atoms with Gasteiger partial charge in [0, 0.05) is 41.3 Å². The Bertz CT molecular complexity index is 1680. The lowest BCUT2D eigenvalue weighted by molar-refractivity contribution is -0.384. The molecular formula is C30H20N2O5. The molecule has 7 nitrogen and oxygen atoms in total. The van der Waals surface area contributed by atoms with Gasteiger partial charge in [0.2, 0.25) is 0 Å². The molecule has 2 atom stereocenters. The van der Waals surface area contributed by atoms with Crippen LogP contribution in [0, 0.1) is 15.5 Å². The minimum Gasteiger partial charge on any atom is -0.293 e. The molecule has 0 aromatic heterocycles. The maximum atomic E-state index is 14.6. The summed E-state index contributed by atoms with van der Waals surface area (Å²) < 4.78 is 0. The fourth-order valence-electron chi connectivity index (χ4n) is 7.26. The molecule has 37 heavy (non-hydrogen) atoms. The molecule has 7 rings (SSSR count). The second kappa shape index (κ2) is 7.05.